The van der Waals surface area contributed by atoms with Crippen LogP contribution in [0.15, 0.2) is 72.0 Å². The first-order valence-electron chi connectivity index (χ1n) is 8.00. The van der Waals surface area contributed by atoms with E-state index >= 15 is 0 Å². The number of ether oxygens (including phenoxy) is 1. The van der Waals surface area contributed by atoms with E-state index < -0.39 is 5.97 Å². The Labute approximate surface area is 146 Å². The Morgan fingerprint density at radius 1 is 1.20 bits per heavy atom. The van der Waals surface area contributed by atoms with Crippen LogP contribution in [0.4, 0.5) is 0 Å². The molecular formula is C21H19NO3. The molecule has 1 heterocycles. The Bertz CT molecular complexity index is 932. The van der Waals surface area contributed by atoms with Gasteiger partial charge in [-0.3, -0.25) is 4.79 Å². The quantitative estimate of drug-likeness (QED) is 0.487. The summed E-state index contributed by atoms with van der Waals surface area (Å²) in [6.45, 7) is 5.77. The molecule has 1 aliphatic heterocycles. The molecule has 25 heavy (non-hydrogen) atoms. The molecule has 2 aromatic carbocycles. The number of methoxy groups -OCH3 is 1. The van der Waals surface area contributed by atoms with Gasteiger partial charge in [-0.15, -0.1) is 6.58 Å². The van der Waals surface area contributed by atoms with E-state index in [0.717, 1.165) is 16.3 Å². The maximum Gasteiger partial charge on any atom is 0.340 e. The zero-order chi connectivity index (χ0) is 18.0. The molecule has 0 saturated heterocycles. The monoisotopic (exact) mass is 333 g/mol. The second-order valence-electron chi connectivity index (χ2n) is 5.78. The molecule has 1 aliphatic rings. The molecule has 0 N–H and O–H groups in total. The van der Waals surface area contributed by atoms with Gasteiger partial charge in [0.2, 0.25) is 0 Å². The lowest BCUT2D eigenvalue weighted by Gasteiger charge is -2.14. The number of hydrogen-bond donors (Lipinski definition) is 0. The Balaban J connectivity index is 2.19. The molecular weight excluding hydrogens is 314 g/mol. The smallest absolute Gasteiger partial charge is 0.340 e. The molecule has 0 aromatic heterocycles. The van der Waals surface area contributed by atoms with Gasteiger partial charge in [0.05, 0.1) is 18.3 Å². The Morgan fingerprint density at radius 3 is 2.64 bits per heavy atom. The van der Waals surface area contributed by atoms with Crippen LogP contribution in [0.2, 0.25) is 0 Å². The van der Waals surface area contributed by atoms with E-state index in [9.17, 15) is 9.59 Å². The van der Waals surface area contributed by atoms with Crippen molar-refractivity contribution in [2.75, 3.05) is 13.7 Å². The second-order valence-corrected chi connectivity index (χ2v) is 5.78. The standard InChI is InChI=1S/C21H19NO3/c1-4-12-22-14(2)19(21(24)25-3)18(20(22)23)13-16-10-7-9-15-8-5-6-11-17(15)16/h4-11,13H,1,12H2,2-3H3. The van der Waals surface area contributed by atoms with Crippen LogP contribution >= 0.6 is 0 Å². The van der Waals surface area contributed by atoms with Gasteiger partial charge in [0.15, 0.2) is 0 Å². The third kappa shape index (κ3) is 2.87. The summed E-state index contributed by atoms with van der Waals surface area (Å²) in [5.74, 6) is -0.727. The predicted molar refractivity (Wildman–Crippen MR) is 98.6 cm³/mol. The van der Waals surface area contributed by atoms with Crippen LogP contribution < -0.4 is 0 Å². The van der Waals surface area contributed by atoms with Gasteiger partial charge in [0, 0.05) is 12.2 Å². The summed E-state index contributed by atoms with van der Waals surface area (Å²) in [5, 5.41) is 2.10. The third-order valence-electron chi connectivity index (χ3n) is 4.34. The summed E-state index contributed by atoms with van der Waals surface area (Å²) in [6, 6.07) is 13.8. The summed E-state index contributed by atoms with van der Waals surface area (Å²) in [7, 11) is 1.32. The van der Waals surface area contributed by atoms with E-state index in [1.54, 1.807) is 19.1 Å². The minimum absolute atomic E-state index is 0.217. The Kier molecular flexibility index (Phi) is 4.52. The van der Waals surface area contributed by atoms with Crippen LogP contribution in [0.3, 0.4) is 0 Å². The molecule has 0 aliphatic carbocycles. The number of allylic oxidation sites excluding steroid dienone is 1. The first kappa shape index (κ1) is 16.7. The molecule has 0 saturated carbocycles. The molecule has 4 nitrogen and oxygen atoms in total. The van der Waals surface area contributed by atoms with Gasteiger partial charge in [0.25, 0.3) is 5.91 Å². The minimum atomic E-state index is -0.510. The number of carbonyl (C=O) groups is 2. The average molecular weight is 333 g/mol. The lowest BCUT2D eigenvalue weighted by atomic mass is 9.99. The normalized spacial score (nSPS) is 16.0. The molecule has 0 bridgehead atoms. The lowest BCUT2D eigenvalue weighted by Crippen LogP contribution is -2.24. The van der Waals surface area contributed by atoms with Gasteiger partial charge in [-0.25, -0.2) is 4.79 Å². The van der Waals surface area contributed by atoms with Crippen molar-refractivity contribution in [3.05, 3.63) is 77.5 Å². The Morgan fingerprint density at radius 2 is 1.92 bits per heavy atom. The number of hydrogen-bond acceptors (Lipinski definition) is 3. The summed E-state index contributed by atoms with van der Waals surface area (Å²) in [5.41, 5.74) is 2.13. The number of amides is 1. The largest absolute Gasteiger partial charge is 0.465 e. The number of benzene rings is 2. The van der Waals surface area contributed by atoms with E-state index in [1.807, 2.05) is 42.5 Å². The lowest BCUT2D eigenvalue weighted by molar-refractivity contribution is -0.136. The summed E-state index contributed by atoms with van der Waals surface area (Å²) in [6.07, 6.45) is 3.40. The third-order valence-corrected chi connectivity index (χ3v) is 4.34. The van der Waals surface area contributed by atoms with E-state index in [0.29, 0.717) is 23.4 Å². The van der Waals surface area contributed by atoms with E-state index in [2.05, 4.69) is 6.58 Å². The van der Waals surface area contributed by atoms with Crippen LogP contribution in [-0.4, -0.2) is 30.4 Å². The molecule has 0 fully saturated rings. The summed E-state index contributed by atoms with van der Waals surface area (Å²) >= 11 is 0. The van der Waals surface area contributed by atoms with Gasteiger partial charge in [0.1, 0.15) is 0 Å². The topological polar surface area (TPSA) is 46.6 Å². The zero-order valence-corrected chi connectivity index (χ0v) is 14.3. The van der Waals surface area contributed by atoms with Crippen molar-refractivity contribution >= 4 is 28.7 Å². The maximum absolute atomic E-state index is 12.8. The van der Waals surface area contributed by atoms with Gasteiger partial charge in [-0.2, -0.15) is 0 Å². The first-order valence-corrected chi connectivity index (χ1v) is 8.00. The molecule has 0 atom stereocenters. The van der Waals surface area contributed by atoms with Crippen molar-refractivity contribution in [2.24, 2.45) is 0 Å². The fourth-order valence-corrected chi connectivity index (χ4v) is 3.11. The van der Waals surface area contributed by atoms with Crippen LogP contribution in [-0.2, 0) is 14.3 Å². The van der Waals surface area contributed by atoms with E-state index in [4.69, 9.17) is 4.74 Å². The zero-order valence-electron chi connectivity index (χ0n) is 14.3. The molecule has 2 aromatic rings. The highest BCUT2D eigenvalue weighted by Crippen LogP contribution is 2.32. The highest BCUT2D eigenvalue weighted by atomic mass is 16.5. The van der Waals surface area contributed by atoms with Crippen molar-refractivity contribution in [1.29, 1.82) is 0 Å². The summed E-state index contributed by atoms with van der Waals surface area (Å²) in [4.78, 5) is 26.6. The predicted octanol–water partition coefficient (Wildman–Crippen LogP) is 3.70. The highest BCUT2D eigenvalue weighted by Gasteiger charge is 2.36. The van der Waals surface area contributed by atoms with Crippen LogP contribution in [0.5, 0.6) is 0 Å². The van der Waals surface area contributed by atoms with E-state index in [-0.39, 0.29) is 5.91 Å². The van der Waals surface area contributed by atoms with Gasteiger partial charge in [-0.1, -0.05) is 48.5 Å². The molecule has 0 unspecified atom stereocenters. The van der Waals surface area contributed by atoms with Gasteiger partial charge in [-0.05, 0) is 29.3 Å². The molecule has 0 spiro atoms. The number of rotatable bonds is 4. The van der Waals surface area contributed by atoms with Crippen molar-refractivity contribution in [3.63, 3.8) is 0 Å². The number of esters is 1. The fourth-order valence-electron chi connectivity index (χ4n) is 3.11. The van der Waals surface area contributed by atoms with E-state index in [1.165, 1.54) is 12.0 Å². The van der Waals surface area contributed by atoms with Crippen molar-refractivity contribution in [2.45, 2.75) is 6.92 Å². The van der Waals surface area contributed by atoms with Crippen LogP contribution in [0.1, 0.15) is 12.5 Å². The summed E-state index contributed by atoms with van der Waals surface area (Å²) < 4.78 is 4.89. The molecule has 0 radical (unpaired) electrons. The average Bonchev–Trinajstić information content (AvgIpc) is 2.86. The van der Waals surface area contributed by atoms with Gasteiger partial charge < -0.3 is 9.64 Å². The number of carbonyl (C=O) groups excluding carboxylic acids is 2. The highest BCUT2D eigenvalue weighted by molar-refractivity contribution is 6.17. The number of fused-ring (bicyclic) bond motifs is 1. The van der Waals surface area contributed by atoms with Crippen LogP contribution in [0.25, 0.3) is 16.8 Å². The molecule has 1 amide bonds. The number of nitrogens with zero attached hydrogens (tertiary/aromatic N) is 1. The Hall–Kier alpha value is -3.14. The molecule has 4 heteroatoms. The minimum Gasteiger partial charge on any atom is -0.465 e. The van der Waals surface area contributed by atoms with Crippen molar-refractivity contribution in [1.82, 2.24) is 4.90 Å². The maximum atomic E-state index is 12.8. The molecule has 3 rings (SSSR count). The second kappa shape index (κ2) is 6.77. The fraction of sp³-hybridized carbons (Fsp3) is 0.143. The van der Waals surface area contributed by atoms with Crippen molar-refractivity contribution in [3.8, 4) is 0 Å². The van der Waals surface area contributed by atoms with Gasteiger partial charge >= 0.3 is 5.97 Å². The van der Waals surface area contributed by atoms with Crippen molar-refractivity contribution < 1.29 is 14.3 Å². The SMILES string of the molecule is C=CCN1C(=O)C(=Cc2cccc3ccccc23)C(C(=O)OC)=C1C. The molecule has 126 valence electrons. The first-order chi connectivity index (χ1) is 12.1. The van der Waals surface area contributed by atoms with Crippen LogP contribution in [0, 0.1) is 0 Å².